The first-order valence-corrected chi connectivity index (χ1v) is 9.29. The lowest BCUT2D eigenvalue weighted by atomic mass is 10.1. The van der Waals surface area contributed by atoms with Crippen molar-refractivity contribution in [1.82, 2.24) is 20.1 Å². The molecular formula is C22H19N5O3. The molecule has 3 heterocycles. The Morgan fingerprint density at radius 2 is 1.97 bits per heavy atom. The lowest BCUT2D eigenvalue weighted by Crippen LogP contribution is -2.23. The minimum Gasteiger partial charge on any atom is -0.459 e. The molecule has 0 aliphatic rings. The molecular weight excluding hydrogens is 382 g/mol. The fourth-order valence-electron chi connectivity index (χ4n) is 2.87. The molecule has 150 valence electrons. The first-order chi connectivity index (χ1) is 14.6. The SMILES string of the molecule is Cc1ccc(C(=O)NCc2ccnc(-n3cccn3)c2)cc1NC(=O)c1ccco1. The van der Waals surface area contributed by atoms with Crippen LogP contribution in [-0.4, -0.2) is 26.6 Å². The van der Waals surface area contributed by atoms with E-state index in [0.29, 0.717) is 23.6 Å². The van der Waals surface area contributed by atoms with E-state index in [0.717, 1.165) is 11.1 Å². The summed E-state index contributed by atoms with van der Waals surface area (Å²) >= 11 is 0. The van der Waals surface area contributed by atoms with E-state index in [9.17, 15) is 9.59 Å². The molecule has 1 aromatic carbocycles. The minimum atomic E-state index is -0.372. The van der Waals surface area contributed by atoms with E-state index < -0.39 is 0 Å². The number of pyridine rings is 1. The second-order valence-electron chi connectivity index (χ2n) is 6.62. The Hall–Kier alpha value is -4.20. The molecule has 0 spiro atoms. The third kappa shape index (κ3) is 4.27. The first kappa shape index (κ1) is 19.1. The highest BCUT2D eigenvalue weighted by Gasteiger charge is 2.13. The maximum atomic E-state index is 12.6. The van der Waals surface area contributed by atoms with Gasteiger partial charge in [0.2, 0.25) is 0 Å². The summed E-state index contributed by atoms with van der Waals surface area (Å²) in [5.41, 5.74) is 2.72. The zero-order chi connectivity index (χ0) is 20.9. The Labute approximate surface area is 172 Å². The maximum Gasteiger partial charge on any atom is 0.291 e. The topological polar surface area (TPSA) is 102 Å². The predicted molar refractivity (Wildman–Crippen MR) is 110 cm³/mol. The third-order valence-electron chi connectivity index (χ3n) is 4.50. The van der Waals surface area contributed by atoms with Gasteiger partial charge in [-0.15, -0.1) is 0 Å². The van der Waals surface area contributed by atoms with Crippen molar-refractivity contribution in [2.75, 3.05) is 5.32 Å². The van der Waals surface area contributed by atoms with Crippen LogP contribution in [0.3, 0.4) is 0 Å². The van der Waals surface area contributed by atoms with Gasteiger partial charge in [0.05, 0.1) is 6.26 Å². The number of amides is 2. The molecule has 2 amide bonds. The molecule has 4 rings (SSSR count). The number of furan rings is 1. The molecule has 0 aliphatic carbocycles. The number of nitrogens with zero attached hydrogens (tertiary/aromatic N) is 3. The number of benzene rings is 1. The molecule has 0 bridgehead atoms. The molecule has 0 unspecified atom stereocenters. The molecule has 2 N–H and O–H groups in total. The summed E-state index contributed by atoms with van der Waals surface area (Å²) in [5.74, 6) is 0.254. The predicted octanol–water partition coefficient (Wildman–Crippen LogP) is 3.35. The van der Waals surface area contributed by atoms with Crippen LogP contribution in [-0.2, 0) is 6.54 Å². The van der Waals surface area contributed by atoms with E-state index in [1.807, 2.05) is 25.1 Å². The number of hydrogen-bond donors (Lipinski definition) is 2. The second kappa shape index (κ2) is 8.44. The molecule has 8 nitrogen and oxygen atoms in total. The van der Waals surface area contributed by atoms with Gasteiger partial charge in [0.15, 0.2) is 11.6 Å². The average molecular weight is 401 g/mol. The summed E-state index contributed by atoms with van der Waals surface area (Å²) in [6, 6.07) is 13.9. The normalized spacial score (nSPS) is 10.6. The number of nitrogens with one attached hydrogen (secondary N) is 2. The number of aromatic nitrogens is 3. The van der Waals surface area contributed by atoms with E-state index in [4.69, 9.17) is 4.42 Å². The van der Waals surface area contributed by atoms with Crippen molar-refractivity contribution < 1.29 is 14.0 Å². The number of rotatable bonds is 6. The highest BCUT2D eigenvalue weighted by atomic mass is 16.3. The van der Waals surface area contributed by atoms with Crippen molar-refractivity contribution in [2.24, 2.45) is 0 Å². The quantitative estimate of drug-likeness (QED) is 0.516. The van der Waals surface area contributed by atoms with Crippen molar-refractivity contribution in [3.05, 3.63) is 95.8 Å². The Morgan fingerprint density at radius 3 is 2.73 bits per heavy atom. The van der Waals surface area contributed by atoms with Crippen molar-refractivity contribution in [1.29, 1.82) is 0 Å². The fraction of sp³-hybridized carbons (Fsp3) is 0.0909. The lowest BCUT2D eigenvalue weighted by molar-refractivity contribution is 0.0949. The van der Waals surface area contributed by atoms with Crippen molar-refractivity contribution in [2.45, 2.75) is 13.5 Å². The summed E-state index contributed by atoms with van der Waals surface area (Å²) in [5, 5.41) is 9.82. The largest absolute Gasteiger partial charge is 0.459 e. The van der Waals surface area contributed by atoms with Crippen molar-refractivity contribution in [3.8, 4) is 5.82 Å². The summed E-state index contributed by atoms with van der Waals surface area (Å²) in [6.07, 6.45) is 6.58. The van der Waals surface area contributed by atoms with Crippen LogP contribution in [0.2, 0.25) is 0 Å². The summed E-state index contributed by atoms with van der Waals surface area (Å²) < 4.78 is 6.76. The Kier molecular flexibility index (Phi) is 5.38. The van der Waals surface area contributed by atoms with E-state index in [-0.39, 0.29) is 17.6 Å². The van der Waals surface area contributed by atoms with Gasteiger partial charge in [-0.2, -0.15) is 5.10 Å². The van der Waals surface area contributed by atoms with Gasteiger partial charge >= 0.3 is 0 Å². The van der Waals surface area contributed by atoms with Crippen LogP contribution in [0.25, 0.3) is 5.82 Å². The molecule has 30 heavy (non-hydrogen) atoms. The standard InChI is InChI=1S/C22H19N5O3/c1-15-5-6-17(13-18(15)26-22(29)19-4-2-11-30-19)21(28)24-14-16-7-9-23-20(12-16)27-10-3-8-25-27/h2-13H,14H2,1H3,(H,24,28)(H,26,29). The van der Waals surface area contributed by atoms with Gasteiger partial charge in [0.25, 0.3) is 11.8 Å². The highest BCUT2D eigenvalue weighted by molar-refractivity contribution is 6.03. The molecule has 0 radical (unpaired) electrons. The van der Waals surface area contributed by atoms with Crippen LogP contribution in [0, 0.1) is 6.92 Å². The molecule has 0 aliphatic heterocycles. The van der Waals surface area contributed by atoms with Gasteiger partial charge in [-0.1, -0.05) is 6.07 Å². The number of aryl methyl sites for hydroxylation is 1. The summed E-state index contributed by atoms with van der Waals surface area (Å²) in [4.78, 5) is 29.1. The average Bonchev–Trinajstić information content (AvgIpc) is 3.48. The lowest BCUT2D eigenvalue weighted by Gasteiger charge is -2.11. The molecule has 8 heteroatoms. The van der Waals surface area contributed by atoms with Gasteiger partial charge < -0.3 is 15.1 Å². The van der Waals surface area contributed by atoms with Crippen LogP contribution in [0.15, 0.2) is 77.8 Å². The van der Waals surface area contributed by atoms with Gasteiger partial charge in [-0.3, -0.25) is 9.59 Å². The smallest absolute Gasteiger partial charge is 0.291 e. The van der Waals surface area contributed by atoms with Gasteiger partial charge in [-0.05, 0) is 60.5 Å². The van der Waals surface area contributed by atoms with Crippen LogP contribution in [0.5, 0.6) is 0 Å². The Bertz CT molecular complexity index is 1170. The first-order valence-electron chi connectivity index (χ1n) is 9.29. The maximum absolute atomic E-state index is 12.6. The number of hydrogen-bond acceptors (Lipinski definition) is 5. The van der Waals surface area contributed by atoms with Crippen LogP contribution >= 0.6 is 0 Å². The Morgan fingerprint density at radius 1 is 1.07 bits per heavy atom. The molecule has 4 aromatic rings. The summed E-state index contributed by atoms with van der Waals surface area (Å²) in [6.45, 7) is 2.19. The minimum absolute atomic E-state index is 0.204. The second-order valence-corrected chi connectivity index (χ2v) is 6.62. The monoisotopic (exact) mass is 401 g/mol. The van der Waals surface area contributed by atoms with Crippen molar-refractivity contribution in [3.63, 3.8) is 0 Å². The van der Waals surface area contributed by atoms with Crippen molar-refractivity contribution >= 4 is 17.5 Å². The van der Waals surface area contributed by atoms with E-state index in [1.165, 1.54) is 6.26 Å². The molecule has 0 fully saturated rings. The fourth-order valence-corrected chi connectivity index (χ4v) is 2.87. The number of anilines is 1. The van der Waals surface area contributed by atoms with E-state index in [1.54, 1.807) is 53.6 Å². The van der Waals surface area contributed by atoms with E-state index in [2.05, 4.69) is 20.7 Å². The number of carbonyl (C=O) groups is 2. The van der Waals surface area contributed by atoms with Crippen LogP contribution < -0.4 is 10.6 Å². The summed E-state index contributed by atoms with van der Waals surface area (Å²) in [7, 11) is 0. The Balaban J connectivity index is 1.44. The molecule has 3 aromatic heterocycles. The van der Waals surface area contributed by atoms with Crippen LogP contribution in [0.4, 0.5) is 5.69 Å². The van der Waals surface area contributed by atoms with Gasteiger partial charge in [0.1, 0.15) is 0 Å². The van der Waals surface area contributed by atoms with Gasteiger partial charge in [0, 0.05) is 36.4 Å². The molecule has 0 saturated heterocycles. The molecule has 0 atom stereocenters. The third-order valence-corrected chi connectivity index (χ3v) is 4.50. The van der Waals surface area contributed by atoms with Crippen LogP contribution in [0.1, 0.15) is 32.0 Å². The highest BCUT2D eigenvalue weighted by Crippen LogP contribution is 2.18. The zero-order valence-corrected chi connectivity index (χ0v) is 16.2. The number of carbonyl (C=O) groups excluding carboxylic acids is 2. The zero-order valence-electron chi connectivity index (χ0n) is 16.2. The van der Waals surface area contributed by atoms with E-state index >= 15 is 0 Å². The van der Waals surface area contributed by atoms with Gasteiger partial charge in [-0.25, -0.2) is 9.67 Å². The molecule has 0 saturated carbocycles.